The molecule has 0 amide bonds. The number of hydrogen-bond donors (Lipinski definition) is 2. The number of carboxylic acids is 1. The van der Waals surface area contributed by atoms with Crippen LogP contribution in [0.25, 0.3) is 0 Å². The maximum Gasteiger partial charge on any atom is 0.308 e. The van der Waals surface area contributed by atoms with E-state index in [1.54, 1.807) is 0 Å². The van der Waals surface area contributed by atoms with Gasteiger partial charge in [-0.05, 0) is 25.8 Å². The number of rotatable bonds is 3. The molecule has 0 saturated carbocycles. The van der Waals surface area contributed by atoms with E-state index in [4.69, 9.17) is 5.11 Å². The minimum absolute atomic E-state index is 0.248. The number of hydrogen-bond acceptors (Lipinski definition) is 3. The maximum atomic E-state index is 11.0. The average Bonchev–Trinajstić information content (AvgIpc) is 2.80. The molecule has 0 radical (unpaired) electrons. The normalized spacial score (nSPS) is 26.9. The van der Waals surface area contributed by atoms with Gasteiger partial charge in [0.1, 0.15) is 5.82 Å². The molecular weight excluding hydrogens is 242 g/mol. The SMILES string of the molecule is O=C(O)C1CCc2nc(CC3CCCCN3)cn2C1. The predicted molar refractivity (Wildman–Crippen MR) is 71.0 cm³/mol. The van der Waals surface area contributed by atoms with E-state index in [1.165, 1.54) is 19.3 Å². The van der Waals surface area contributed by atoms with Crippen molar-refractivity contribution in [1.82, 2.24) is 14.9 Å². The molecule has 2 aliphatic rings. The van der Waals surface area contributed by atoms with Gasteiger partial charge in [-0.1, -0.05) is 6.42 Å². The summed E-state index contributed by atoms with van der Waals surface area (Å²) in [4.78, 5) is 15.7. The van der Waals surface area contributed by atoms with Gasteiger partial charge in [-0.15, -0.1) is 0 Å². The van der Waals surface area contributed by atoms with Crippen LogP contribution >= 0.6 is 0 Å². The van der Waals surface area contributed by atoms with Crippen molar-refractivity contribution in [2.45, 2.75) is 51.1 Å². The lowest BCUT2D eigenvalue weighted by molar-refractivity contribution is -0.142. The smallest absolute Gasteiger partial charge is 0.308 e. The first-order valence-corrected chi connectivity index (χ1v) is 7.23. The summed E-state index contributed by atoms with van der Waals surface area (Å²) in [6.45, 7) is 1.69. The van der Waals surface area contributed by atoms with E-state index in [-0.39, 0.29) is 5.92 Å². The van der Waals surface area contributed by atoms with Gasteiger partial charge in [-0.2, -0.15) is 0 Å². The number of fused-ring (bicyclic) bond motifs is 1. The van der Waals surface area contributed by atoms with Crippen molar-refractivity contribution in [1.29, 1.82) is 0 Å². The first kappa shape index (κ1) is 12.7. The van der Waals surface area contributed by atoms with E-state index in [0.717, 1.165) is 30.9 Å². The minimum atomic E-state index is -0.685. The molecule has 1 fully saturated rings. The highest BCUT2D eigenvalue weighted by Crippen LogP contribution is 2.21. The molecule has 19 heavy (non-hydrogen) atoms. The number of nitrogens with zero attached hydrogens (tertiary/aromatic N) is 2. The van der Waals surface area contributed by atoms with Gasteiger partial charge in [-0.3, -0.25) is 4.79 Å². The Morgan fingerprint density at radius 1 is 1.47 bits per heavy atom. The van der Waals surface area contributed by atoms with Crippen molar-refractivity contribution >= 4 is 5.97 Å². The zero-order chi connectivity index (χ0) is 13.2. The summed E-state index contributed by atoms with van der Waals surface area (Å²) < 4.78 is 2.04. The molecule has 2 unspecified atom stereocenters. The molecule has 0 aromatic carbocycles. The summed E-state index contributed by atoms with van der Waals surface area (Å²) in [5, 5.41) is 12.6. The van der Waals surface area contributed by atoms with Crippen molar-refractivity contribution in [2.75, 3.05) is 6.54 Å². The summed E-state index contributed by atoms with van der Waals surface area (Å²) in [5.74, 6) is 0.125. The third-order valence-electron chi connectivity index (χ3n) is 4.26. The van der Waals surface area contributed by atoms with Gasteiger partial charge in [-0.25, -0.2) is 4.98 Å². The lowest BCUT2D eigenvalue weighted by Crippen LogP contribution is -2.35. The van der Waals surface area contributed by atoms with Crippen LogP contribution in [0, 0.1) is 5.92 Å². The zero-order valence-corrected chi connectivity index (χ0v) is 11.1. The fourth-order valence-corrected chi connectivity index (χ4v) is 3.15. The number of aromatic nitrogens is 2. The number of carboxylic acid groups (broad SMARTS) is 1. The number of aryl methyl sites for hydroxylation is 1. The Balaban J connectivity index is 1.67. The Labute approximate surface area is 113 Å². The molecule has 1 aromatic rings. The third-order valence-corrected chi connectivity index (χ3v) is 4.26. The highest BCUT2D eigenvalue weighted by molar-refractivity contribution is 5.70. The largest absolute Gasteiger partial charge is 0.481 e. The number of piperidine rings is 1. The molecule has 0 spiro atoms. The quantitative estimate of drug-likeness (QED) is 0.860. The lowest BCUT2D eigenvalue weighted by Gasteiger charge is -2.22. The van der Waals surface area contributed by atoms with Crippen LogP contribution in [0.4, 0.5) is 0 Å². The zero-order valence-electron chi connectivity index (χ0n) is 11.1. The van der Waals surface area contributed by atoms with Crippen molar-refractivity contribution in [3.05, 3.63) is 17.7 Å². The highest BCUT2D eigenvalue weighted by atomic mass is 16.4. The van der Waals surface area contributed by atoms with Crippen LogP contribution in [-0.4, -0.2) is 33.2 Å². The van der Waals surface area contributed by atoms with Crippen LogP contribution in [0.15, 0.2) is 6.20 Å². The number of aliphatic carboxylic acids is 1. The summed E-state index contributed by atoms with van der Waals surface area (Å²) in [5.41, 5.74) is 1.11. The minimum Gasteiger partial charge on any atom is -0.481 e. The maximum absolute atomic E-state index is 11.0. The molecule has 2 aliphatic heterocycles. The van der Waals surface area contributed by atoms with Crippen molar-refractivity contribution in [3.8, 4) is 0 Å². The van der Waals surface area contributed by atoms with Crippen molar-refractivity contribution < 1.29 is 9.90 Å². The van der Waals surface area contributed by atoms with E-state index < -0.39 is 5.97 Å². The molecule has 5 nitrogen and oxygen atoms in total. The van der Waals surface area contributed by atoms with E-state index >= 15 is 0 Å². The number of carbonyl (C=O) groups is 1. The first-order valence-electron chi connectivity index (χ1n) is 7.23. The summed E-state index contributed by atoms with van der Waals surface area (Å²) in [7, 11) is 0. The van der Waals surface area contributed by atoms with Gasteiger partial charge in [0, 0.05) is 31.6 Å². The van der Waals surface area contributed by atoms with Crippen molar-refractivity contribution in [2.24, 2.45) is 5.92 Å². The standard InChI is InChI=1S/C14H21N3O2/c18-14(19)10-4-5-13-16-12(9-17(13)8-10)7-11-3-1-2-6-15-11/h9-11,15H,1-8H2,(H,18,19). The molecule has 3 rings (SSSR count). The van der Waals surface area contributed by atoms with Gasteiger partial charge in [0.2, 0.25) is 0 Å². The highest BCUT2D eigenvalue weighted by Gasteiger charge is 2.26. The van der Waals surface area contributed by atoms with Gasteiger partial charge in [0.05, 0.1) is 11.6 Å². The van der Waals surface area contributed by atoms with E-state index in [0.29, 0.717) is 19.0 Å². The van der Waals surface area contributed by atoms with Gasteiger partial charge < -0.3 is 15.0 Å². The Hall–Kier alpha value is -1.36. The third kappa shape index (κ3) is 2.81. The van der Waals surface area contributed by atoms with E-state index in [2.05, 4.69) is 16.5 Å². The molecule has 1 aromatic heterocycles. The molecule has 0 aliphatic carbocycles. The topological polar surface area (TPSA) is 67.2 Å². The van der Waals surface area contributed by atoms with Gasteiger partial charge in [0.25, 0.3) is 0 Å². The molecule has 0 bridgehead atoms. The van der Waals surface area contributed by atoms with Crippen LogP contribution in [0.3, 0.4) is 0 Å². The fraction of sp³-hybridized carbons (Fsp3) is 0.714. The summed E-state index contributed by atoms with van der Waals surface area (Å²) >= 11 is 0. The Bertz CT molecular complexity index is 463. The molecule has 2 N–H and O–H groups in total. The summed E-state index contributed by atoms with van der Waals surface area (Å²) in [6, 6.07) is 0.543. The predicted octanol–water partition coefficient (Wildman–Crippen LogP) is 1.21. The Morgan fingerprint density at radius 3 is 3.11 bits per heavy atom. The molecule has 2 atom stereocenters. The van der Waals surface area contributed by atoms with Crippen LogP contribution in [0.1, 0.15) is 37.2 Å². The van der Waals surface area contributed by atoms with Crippen molar-refractivity contribution in [3.63, 3.8) is 0 Å². The fourth-order valence-electron chi connectivity index (χ4n) is 3.15. The monoisotopic (exact) mass is 263 g/mol. The second kappa shape index (κ2) is 5.33. The summed E-state index contributed by atoms with van der Waals surface area (Å²) in [6.07, 6.45) is 8.32. The molecule has 5 heteroatoms. The van der Waals surface area contributed by atoms with E-state index in [9.17, 15) is 4.79 Å². The first-order chi connectivity index (χ1) is 9.22. The van der Waals surface area contributed by atoms with Gasteiger partial charge >= 0.3 is 5.97 Å². The Kier molecular flexibility index (Phi) is 3.55. The van der Waals surface area contributed by atoms with Gasteiger partial charge in [0.15, 0.2) is 0 Å². The molecule has 1 saturated heterocycles. The molecule has 3 heterocycles. The number of imidazole rings is 1. The lowest BCUT2D eigenvalue weighted by atomic mass is 10.00. The molecule has 104 valence electrons. The van der Waals surface area contributed by atoms with Crippen LogP contribution < -0.4 is 5.32 Å². The van der Waals surface area contributed by atoms with Crippen LogP contribution in [-0.2, 0) is 24.2 Å². The second-order valence-electron chi connectivity index (χ2n) is 5.73. The average molecular weight is 263 g/mol. The van der Waals surface area contributed by atoms with E-state index in [1.807, 2.05) is 4.57 Å². The number of nitrogens with one attached hydrogen (secondary N) is 1. The van der Waals surface area contributed by atoms with Crippen LogP contribution in [0.2, 0.25) is 0 Å². The molecular formula is C14H21N3O2. The van der Waals surface area contributed by atoms with Crippen LogP contribution in [0.5, 0.6) is 0 Å². The second-order valence-corrected chi connectivity index (χ2v) is 5.73. The Morgan fingerprint density at radius 2 is 2.37 bits per heavy atom.